The van der Waals surface area contributed by atoms with Crippen LogP contribution in [0.5, 0.6) is 0 Å². The molecule has 0 saturated heterocycles. The molecule has 142 valence electrons. The summed E-state index contributed by atoms with van der Waals surface area (Å²) in [5.41, 5.74) is 0.727. The number of carbonyl (C=O) groups excluding carboxylic acids is 1. The molecule has 12 heteroatoms. The van der Waals surface area contributed by atoms with Crippen molar-refractivity contribution in [3.8, 4) is 0 Å². The Hall–Kier alpha value is -2.24. The Bertz CT molecular complexity index is 1020. The molecule has 1 aliphatic heterocycles. The van der Waals surface area contributed by atoms with E-state index in [-0.39, 0.29) is 37.9 Å². The van der Waals surface area contributed by atoms with E-state index < -0.39 is 12.0 Å². The Morgan fingerprint density at radius 3 is 2.89 bits per heavy atom. The highest BCUT2D eigenvalue weighted by Gasteiger charge is 2.39. The van der Waals surface area contributed by atoms with Crippen LogP contribution in [0.25, 0.3) is 10.2 Å². The molecule has 0 spiro atoms. The first-order valence-electron chi connectivity index (χ1n) is 7.87. The third kappa shape index (κ3) is 3.75. The summed E-state index contributed by atoms with van der Waals surface area (Å²) in [6, 6.07) is 5.24. The molecule has 1 aromatic carbocycles. The maximum absolute atomic E-state index is 12.9. The highest BCUT2D eigenvalue weighted by molar-refractivity contribution is 7.22. The van der Waals surface area contributed by atoms with Gasteiger partial charge in [-0.3, -0.25) is 9.69 Å². The van der Waals surface area contributed by atoms with Gasteiger partial charge in [-0.15, -0.1) is 10.2 Å². The summed E-state index contributed by atoms with van der Waals surface area (Å²) in [4.78, 5) is 18.3. The molecule has 7 nitrogen and oxygen atoms in total. The molecular formula is C15H12ClF3N6OS. The predicted molar refractivity (Wildman–Crippen MR) is 93.6 cm³/mol. The number of benzene rings is 1. The van der Waals surface area contributed by atoms with Gasteiger partial charge in [-0.2, -0.15) is 13.2 Å². The molecule has 2 aromatic heterocycles. The van der Waals surface area contributed by atoms with E-state index in [2.05, 4.69) is 20.5 Å². The Labute approximate surface area is 159 Å². The maximum atomic E-state index is 12.9. The first kappa shape index (κ1) is 18.1. The lowest BCUT2D eigenvalue weighted by atomic mass is 10.3. The molecule has 0 atom stereocenters. The zero-order chi connectivity index (χ0) is 19.2. The summed E-state index contributed by atoms with van der Waals surface area (Å²) in [6.45, 7) is 0.498. The van der Waals surface area contributed by atoms with Crippen LogP contribution in [0.1, 0.15) is 11.6 Å². The minimum atomic E-state index is -4.54. The summed E-state index contributed by atoms with van der Waals surface area (Å²) in [5, 5.41) is 10.6. The molecule has 0 aliphatic carbocycles. The maximum Gasteiger partial charge on any atom is 0.451 e. The van der Waals surface area contributed by atoms with Gasteiger partial charge in [0.25, 0.3) is 0 Å². The topological polar surface area (TPSA) is 75.9 Å². The van der Waals surface area contributed by atoms with Crippen molar-refractivity contribution in [2.75, 3.05) is 18.4 Å². The molecule has 1 aliphatic rings. The van der Waals surface area contributed by atoms with Crippen molar-refractivity contribution in [1.29, 1.82) is 0 Å². The van der Waals surface area contributed by atoms with Crippen molar-refractivity contribution >= 4 is 44.2 Å². The number of fused-ring (bicyclic) bond motifs is 2. The molecule has 0 bridgehead atoms. The fourth-order valence-corrected chi connectivity index (χ4v) is 4.02. The monoisotopic (exact) mass is 416 g/mol. The molecular weight excluding hydrogens is 405 g/mol. The fourth-order valence-electron chi connectivity index (χ4n) is 2.87. The highest BCUT2D eigenvalue weighted by Crippen LogP contribution is 2.30. The number of hydrogen-bond donors (Lipinski definition) is 1. The van der Waals surface area contributed by atoms with E-state index in [0.29, 0.717) is 10.2 Å². The van der Waals surface area contributed by atoms with Crippen LogP contribution in [0, 0.1) is 0 Å². The van der Waals surface area contributed by atoms with E-state index in [1.165, 1.54) is 11.3 Å². The van der Waals surface area contributed by atoms with Crippen molar-refractivity contribution in [3.63, 3.8) is 0 Å². The van der Waals surface area contributed by atoms with E-state index in [9.17, 15) is 18.0 Å². The standard InChI is InChI=1S/C15H12ClF3N6OS/c16-8-1-2-9-10(5-8)27-14(20-9)21-12(26)7-24-3-4-25-11(6-24)22-23-13(25)15(17,18)19/h1-2,5H,3-4,6-7H2,(H,20,21,26). The van der Waals surface area contributed by atoms with Crippen molar-refractivity contribution < 1.29 is 18.0 Å². The van der Waals surface area contributed by atoms with Crippen LogP contribution in [0.15, 0.2) is 18.2 Å². The van der Waals surface area contributed by atoms with Gasteiger partial charge in [0.1, 0.15) is 5.82 Å². The number of carbonyl (C=O) groups is 1. The van der Waals surface area contributed by atoms with Crippen LogP contribution in [0.2, 0.25) is 5.02 Å². The zero-order valence-corrected chi connectivity index (χ0v) is 15.2. The third-order valence-electron chi connectivity index (χ3n) is 4.05. The first-order valence-corrected chi connectivity index (χ1v) is 9.06. The Morgan fingerprint density at radius 1 is 1.30 bits per heavy atom. The number of thiazole rings is 1. The lowest BCUT2D eigenvalue weighted by Crippen LogP contribution is -2.39. The second-order valence-electron chi connectivity index (χ2n) is 5.98. The smallest absolute Gasteiger partial charge is 0.305 e. The average molecular weight is 417 g/mol. The number of rotatable bonds is 3. The second-order valence-corrected chi connectivity index (χ2v) is 7.45. The summed E-state index contributed by atoms with van der Waals surface area (Å²) >= 11 is 7.23. The molecule has 3 aromatic rings. The summed E-state index contributed by atoms with van der Waals surface area (Å²) in [7, 11) is 0. The van der Waals surface area contributed by atoms with Gasteiger partial charge in [0.05, 0.1) is 23.3 Å². The number of halogens is 4. The van der Waals surface area contributed by atoms with E-state index in [1.807, 2.05) is 0 Å². The molecule has 1 N–H and O–H groups in total. The number of anilines is 1. The van der Waals surface area contributed by atoms with Crippen molar-refractivity contribution in [3.05, 3.63) is 34.9 Å². The third-order valence-corrected chi connectivity index (χ3v) is 5.22. The minimum absolute atomic E-state index is 0.0187. The molecule has 4 rings (SSSR count). The molecule has 0 unspecified atom stereocenters. The predicted octanol–water partition coefficient (Wildman–Crippen LogP) is 3.01. The van der Waals surface area contributed by atoms with Crippen molar-refractivity contribution in [2.45, 2.75) is 19.3 Å². The molecule has 1 amide bonds. The lowest BCUT2D eigenvalue weighted by Gasteiger charge is -2.27. The first-order chi connectivity index (χ1) is 12.8. The second kappa shape index (κ2) is 6.73. The van der Waals surface area contributed by atoms with E-state index >= 15 is 0 Å². The Morgan fingerprint density at radius 2 is 2.11 bits per heavy atom. The molecule has 0 saturated carbocycles. The SMILES string of the molecule is O=C(CN1CCn2c(nnc2C(F)(F)F)C1)Nc1nc2ccc(Cl)cc2s1. The largest absolute Gasteiger partial charge is 0.451 e. The molecule has 0 radical (unpaired) electrons. The Balaban J connectivity index is 1.41. The average Bonchev–Trinajstić information content (AvgIpc) is 3.16. The summed E-state index contributed by atoms with van der Waals surface area (Å²) in [5.74, 6) is -1.12. The van der Waals surface area contributed by atoms with E-state index in [4.69, 9.17) is 11.6 Å². The molecule has 27 heavy (non-hydrogen) atoms. The number of amides is 1. The number of alkyl halides is 3. The normalized spacial score (nSPS) is 15.1. The summed E-state index contributed by atoms with van der Waals surface area (Å²) in [6.07, 6.45) is -4.54. The highest BCUT2D eigenvalue weighted by atomic mass is 35.5. The molecule has 0 fully saturated rings. The minimum Gasteiger partial charge on any atom is -0.305 e. The van der Waals surface area contributed by atoms with Gasteiger partial charge in [-0.25, -0.2) is 4.98 Å². The zero-order valence-electron chi connectivity index (χ0n) is 13.6. The van der Waals surface area contributed by atoms with Crippen molar-refractivity contribution in [2.24, 2.45) is 0 Å². The van der Waals surface area contributed by atoms with E-state index in [0.717, 1.165) is 14.8 Å². The number of nitrogens with one attached hydrogen (secondary N) is 1. The van der Waals surface area contributed by atoms with E-state index in [1.54, 1.807) is 23.1 Å². The van der Waals surface area contributed by atoms with Gasteiger partial charge in [0.15, 0.2) is 5.13 Å². The van der Waals surface area contributed by atoms with Crippen LogP contribution in [0.3, 0.4) is 0 Å². The van der Waals surface area contributed by atoms with Crippen LogP contribution in [-0.4, -0.2) is 43.6 Å². The van der Waals surface area contributed by atoms with Gasteiger partial charge >= 0.3 is 6.18 Å². The van der Waals surface area contributed by atoms with Crippen LogP contribution < -0.4 is 5.32 Å². The molecule has 3 heterocycles. The quantitative estimate of drug-likeness (QED) is 0.710. The van der Waals surface area contributed by atoms with Crippen LogP contribution in [0.4, 0.5) is 18.3 Å². The van der Waals surface area contributed by atoms with Crippen LogP contribution in [-0.2, 0) is 24.1 Å². The summed E-state index contributed by atoms with van der Waals surface area (Å²) < 4.78 is 40.5. The van der Waals surface area contributed by atoms with Gasteiger partial charge in [-0.1, -0.05) is 22.9 Å². The number of hydrogen-bond acceptors (Lipinski definition) is 6. The Kier molecular flexibility index (Phi) is 4.52. The van der Waals surface area contributed by atoms with Gasteiger partial charge < -0.3 is 9.88 Å². The van der Waals surface area contributed by atoms with Crippen molar-refractivity contribution in [1.82, 2.24) is 24.6 Å². The lowest BCUT2D eigenvalue weighted by molar-refractivity contribution is -0.148. The number of nitrogens with zero attached hydrogens (tertiary/aromatic N) is 5. The van der Waals surface area contributed by atoms with Gasteiger partial charge in [-0.05, 0) is 18.2 Å². The number of aromatic nitrogens is 4. The van der Waals surface area contributed by atoms with Crippen LogP contribution >= 0.6 is 22.9 Å². The fraction of sp³-hybridized carbons (Fsp3) is 0.333. The van der Waals surface area contributed by atoms with Gasteiger partial charge in [0, 0.05) is 18.1 Å². The van der Waals surface area contributed by atoms with Gasteiger partial charge in [0.2, 0.25) is 11.7 Å².